The molecule has 25 heavy (non-hydrogen) atoms. The average molecular weight is 335 g/mol. The van der Waals surface area contributed by atoms with Crippen LogP contribution in [0, 0.1) is 0 Å². The molecular weight excluding hydrogens is 314 g/mol. The molecule has 0 bridgehead atoms. The molecule has 3 heterocycles. The molecule has 128 valence electrons. The smallest absolute Gasteiger partial charge is 0.252 e. The van der Waals surface area contributed by atoms with Crippen molar-refractivity contribution in [3.8, 4) is 0 Å². The predicted octanol–water partition coefficient (Wildman–Crippen LogP) is 2.36. The number of rotatable bonds is 5. The van der Waals surface area contributed by atoms with Gasteiger partial charge in [0.25, 0.3) is 5.91 Å². The summed E-state index contributed by atoms with van der Waals surface area (Å²) in [7, 11) is 0. The van der Waals surface area contributed by atoms with Crippen molar-refractivity contribution in [2.45, 2.75) is 31.5 Å². The molecular formula is C19H21N5O. The largest absolute Gasteiger partial charge is 0.336 e. The summed E-state index contributed by atoms with van der Waals surface area (Å²) in [6, 6.07) is 13.4. The Morgan fingerprint density at radius 3 is 2.60 bits per heavy atom. The van der Waals surface area contributed by atoms with Crippen molar-refractivity contribution in [1.29, 1.82) is 0 Å². The molecule has 6 nitrogen and oxygen atoms in total. The van der Waals surface area contributed by atoms with E-state index in [4.69, 9.17) is 0 Å². The van der Waals surface area contributed by atoms with Gasteiger partial charge in [0.15, 0.2) is 6.04 Å². The van der Waals surface area contributed by atoms with Crippen molar-refractivity contribution in [1.82, 2.24) is 24.5 Å². The van der Waals surface area contributed by atoms with Crippen LogP contribution in [0.25, 0.3) is 0 Å². The number of carbonyl (C=O) groups is 1. The number of likely N-dealkylation sites (tertiary alicyclic amines) is 1. The van der Waals surface area contributed by atoms with Gasteiger partial charge in [0, 0.05) is 31.3 Å². The summed E-state index contributed by atoms with van der Waals surface area (Å²) in [6.07, 6.45) is 9.33. The first-order chi connectivity index (χ1) is 12.3. The van der Waals surface area contributed by atoms with E-state index in [9.17, 15) is 4.79 Å². The van der Waals surface area contributed by atoms with Crippen molar-refractivity contribution in [3.05, 3.63) is 72.8 Å². The number of hydrogen-bond acceptors (Lipinski definition) is 3. The maximum atomic E-state index is 13.4. The van der Waals surface area contributed by atoms with Gasteiger partial charge in [-0.2, -0.15) is 10.2 Å². The minimum Gasteiger partial charge on any atom is -0.336 e. The number of carbonyl (C=O) groups excluding carboxylic acids is 1. The maximum absolute atomic E-state index is 13.4. The summed E-state index contributed by atoms with van der Waals surface area (Å²) in [6.45, 7) is 1.52. The summed E-state index contributed by atoms with van der Waals surface area (Å²) >= 11 is 0. The Bertz CT molecular complexity index is 798. The topological polar surface area (TPSA) is 56.0 Å². The molecule has 0 spiro atoms. The van der Waals surface area contributed by atoms with E-state index in [-0.39, 0.29) is 11.9 Å². The van der Waals surface area contributed by atoms with Crippen LogP contribution in [0.4, 0.5) is 0 Å². The highest BCUT2D eigenvalue weighted by atomic mass is 16.2. The fourth-order valence-corrected chi connectivity index (χ4v) is 3.57. The summed E-state index contributed by atoms with van der Waals surface area (Å²) in [5.41, 5.74) is 0.959. The molecule has 4 rings (SSSR count). The van der Waals surface area contributed by atoms with Gasteiger partial charge in [0.2, 0.25) is 0 Å². The van der Waals surface area contributed by atoms with Crippen molar-refractivity contribution in [2.75, 3.05) is 6.54 Å². The number of nitrogens with zero attached hydrogens (tertiary/aromatic N) is 5. The molecule has 2 aromatic heterocycles. The minimum absolute atomic E-state index is 0.101. The Labute approximate surface area is 146 Å². The Hall–Kier alpha value is -2.89. The van der Waals surface area contributed by atoms with Crippen LogP contribution >= 0.6 is 0 Å². The van der Waals surface area contributed by atoms with Crippen LogP contribution in [0.15, 0.2) is 67.3 Å². The standard InChI is InChI=1S/C19H21N5O/c25-19(23-13-4-9-17(23)15-22-12-5-10-20-22)18(24-14-6-11-21-24)16-7-2-1-3-8-16/h1-3,5-8,10-12,14,17-18H,4,9,13,15H2/t17-,18-/m0/s1. The van der Waals surface area contributed by atoms with E-state index >= 15 is 0 Å². The van der Waals surface area contributed by atoms with E-state index in [1.54, 1.807) is 17.1 Å². The summed E-state index contributed by atoms with van der Waals surface area (Å²) in [5, 5.41) is 8.63. The highest BCUT2D eigenvalue weighted by Crippen LogP contribution is 2.26. The van der Waals surface area contributed by atoms with Crippen LogP contribution in [-0.4, -0.2) is 43.0 Å². The van der Waals surface area contributed by atoms with E-state index in [0.29, 0.717) is 0 Å². The molecule has 1 aromatic carbocycles. The fourth-order valence-electron chi connectivity index (χ4n) is 3.57. The zero-order valence-corrected chi connectivity index (χ0v) is 14.0. The quantitative estimate of drug-likeness (QED) is 0.719. The van der Waals surface area contributed by atoms with E-state index < -0.39 is 6.04 Å². The van der Waals surface area contributed by atoms with Gasteiger partial charge < -0.3 is 4.90 Å². The van der Waals surface area contributed by atoms with E-state index in [0.717, 1.165) is 31.5 Å². The summed E-state index contributed by atoms with van der Waals surface area (Å²) in [4.78, 5) is 15.4. The molecule has 1 fully saturated rings. The first-order valence-corrected chi connectivity index (χ1v) is 8.65. The lowest BCUT2D eigenvalue weighted by Gasteiger charge is -2.29. The van der Waals surface area contributed by atoms with Gasteiger partial charge in [-0.3, -0.25) is 14.2 Å². The zero-order chi connectivity index (χ0) is 17.1. The van der Waals surface area contributed by atoms with Crippen molar-refractivity contribution >= 4 is 5.91 Å². The molecule has 1 amide bonds. The second-order valence-electron chi connectivity index (χ2n) is 6.36. The van der Waals surface area contributed by atoms with Crippen molar-refractivity contribution in [2.24, 2.45) is 0 Å². The molecule has 0 unspecified atom stereocenters. The lowest BCUT2D eigenvalue weighted by Crippen LogP contribution is -2.42. The predicted molar refractivity (Wildman–Crippen MR) is 93.8 cm³/mol. The third-order valence-corrected chi connectivity index (χ3v) is 4.76. The molecule has 0 saturated carbocycles. The number of hydrogen-bond donors (Lipinski definition) is 0. The minimum atomic E-state index is -0.422. The normalized spacial score (nSPS) is 18.4. The summed E-state index contributed by atoms with van der Waals surface area (Å²) < 4.78 is 3.66. The molecule has 1 saturated heterocycles. The second kappa shape index (κ2) is 6.93. The zero-order valence-electron chi connectivity index (χ0n) is 14.0. The van der Waals surface area contributed by atoms with Gasteiger partial charge in [0.05, 0.1) is 12.6 Å². The lowest BCUT2D eigenvalue weighted by molar-refractivity contribution is -0.134. The first kappa shape index (κ1) is 15.6. The molecule has 0 aliphatic carbocycles. The number of amides is 1. The Balaban J connectivity index is 1.61. The number of benzene rings is 1. The summed E-state index contributed by atoms with van der Waals surface area (Å²) in [5.74, 6) is 0.101. The van der Waals surface area contributed by atoms with Gasteiger partial charge >= 0.3 is 0 Å². The molecule has 2 atom stereocenters. The Morgan fingerprint density at radius 1 is 1.08 bits per heavy atom. The van der Waals surface area contributed by atoms with Gasteiger partial charge in [-0.15, -0.1) is 0 Å². The van der Waals surface area contributed by atoms with Gasteiger partial charge in [-0.25, -0.2) is 0 Å². The monoisotopic (exact) mass is 335 g/mol. The maximum Gasteiger partial charge on any atom is 0.252 e. The van der Waals surface area contributed by atoms with Crippen molar-refractivity contribution in [3.63, 3.8) is 0 Å². The van der Waals surface area contributed by atoms with Crippen LogP contribution in [0.3, 0.4) is 0 Å². The Morgan fingerprint density at radius 2 is 1.88 bits per heavy atom. The Kier molecular flexibility index (Phi) is 4.33. The SMILES string of the molecule is O=C([C@H](c1ccccc1)n1cccn1)N1CCC[C@H]1Cn1cccn1. The molecule has 0 N–H and O–H groups in total. The third kappa shape index (κ3) is 3.20. The van der Waals surface area contributed by atoms with Crippen LogP contribution in [0.1, 0.15) is 24.4 Å². The highest BCUT2D eigenvalue weighted by Gasteiger charge is 2.35. The van der Waals surface area contributed by atoms with Crippen molar-refractivity contribution < 1.29 is 4.79 Å². The van der Waals surface area contributed by atoms with E-state index in [2.05, 4.69) is 10.2 Å². The fraction of sp³-hybridized carbons (Fsp3) is 0.316. The van der Waals surface area contributed by atoms with Crippen LogP contribution in [-0.2, 0) is 11.3 Å². The lowest BCUT2D eigenvalue weighted by atomic mass is 10.1. The highest BCUT2D eigenvalue weighted by molar-refractivity contribution is 5.84. The molecule has 3 aromatic rings. The average Bonchev–Trinajstić information content (AvgIpc) is 3.39. The van der Waals surface area contributed by atoms with Gasteiger partial charge in [-0.05, 0) is 30.5 Å². The first-order valence-electron chi connectivity index (χ1n) is 8.65. The van der Waals surface area contributed by atoms with Crippen LogP contribution < -0.4 is 0 Å². The van der Waals surface area contributed by atoms with Crippen LogP contribution in [0.5, 0.6) is 0 Å². The van der Waals surface area contributed by atoms with Gasteiger partial charge in [-0.1, -0.05) is 30.3 Å². The van der Waals surface area contributed by atoms with Crippen LogP contribution in [0.2, 0.25) is 0 Å². The van der Waals surface area contributed by atoms with E-state index in [1.165, 1.54) is 0 Å². The number of aromatic nitrogens is 4. The van der Waals surface area contributed by atoms with Gasteiger partial charge in [0.1, 0.15) is 0 Å². The second-order valence-corrected chi connectivity index (χ2v) is 6.36. The molecule has 6 heteroatoms. The molecule has 1 aliphatic rings. The third-order valence-electron chi connectivity index (χ3n) is 4.76. The van der Waals surface area contributed by atoms with E-state index in [1.807, 2.05) is 64.4 Å². The molecule has 1 aliphatic heterocycles. The molecule has 0 radical (unpaired) electrons.